The summed E-state index contributed by atoms with van der Waals surface area (Å²) >= 11 is 0. The number of nitrogens with zero attached hydrogens (tertiary/aromatic N) is 2. The molecule has 0 bridgehead atoms. The second kappa shape index (κ2) is 4.86. The van der Waals surface area contributed by atoms with Gasteiger partial charge in [-0.2, -0.15) is 5.10 Å². The molecule has 82 valence electrons. The highest BCUT2D eigenvalue weighted by Crippen LogP contribution is 2.14. The molecule has 15 heavy (non-hydrogen) atoms. The first kappa shape index (κ1) is 13.5. The number of nitrogens with two attached hydrogens (primary N) is 2. The number of nitrogen functional groups attached to an aromatic ring is 2. The quantitative estimate of drug-likeness (QED) is 0.371. The Morgan fingerprint density at radius 2 is 2.00 bits per heavy atom. The smallest absolute Gasteiger partial charge is 0.213 e. The van der Waals surface area contributed by atoms with Crippen LogP contribution in [0.5, 0.6) is 0 Å². The average molecular weight is 248 g/mol. The fourth-order valence-electron chi connectivity index (χ4n) is 1.16. The monoisotopic (exact) mass is 247 g/mol. The highest BCUT2D eigenvalue weighted by Gasteiger charge is 2.01. The van der Waals surface area contributed by atoms with Crippen molar-refractivity contribution in [1.82, 2.24) is 9.78 Å². The van der Waals surface area contributed by atoms with E-state index < -0.39 is 0 Å². The molecule has 0 fully saturated rings. The summed E-state index contributed by atoms with van der Waals surface area (Å²) in [6.45, 7) is 0. The van der Waals surface area contributed by atoms with Crippen molar-refractivity contribution in [2.45, 2.75) is 0 Å². The number of anilines is 1. The van der Waals surface area contributed by atoms with E-state index in [2.05, 4.69) is 5.10 Å². The van der Waals surface area contributed by atoms with Crippen LogP contribution in [0.1, 0.15) is 0 Å². The lowest BCUT2D eigenvalue weighted by molar-refractivity contribution is 0.928. The molecular formula is C8H11Cl2N5. The number of aromatic nitrogens is 2. The largest absolute Gasteiger partial charge is 0.399 e. The van der Waals surface area contributed by atoms with E-state index in [-0.39, 0.29) is 30.8 Å². The third-order valence-electron chi connectivity index (χ3n) is 1.78. The standard InChI is InChI=1S/C8H9N5.2ClH/c9-6-2-1-5-4-13(8(10)11)12-7(5)3-6;;/h1-4H,9H2,(H3,10,11);2*1H. The molecule has 0 saturated carbocycles. The summed E-state index contributed by atoms with van der Waals surface area (Å²) in [6.07, 6.45) is 1.69. The van der Waals surface area contributed by atoms with Crippen LogP contribution in [0.3, 0.4) is 0 Å². The number of hydrogen-bond acceptors (Lipinski definition) is 3. The van der Waals surface area contributed by atoms with Gasteiger partial charge in [0.1, 0.15) is 0 Å². The van der Waals surface area contributed by atoms with Crippen LogP contribution >= 0.6 is 24.8 Å². The summed E-state index contributed by atoms with van der Waals surface area (Å²) in [7, 11) is 0. The van der Waals surface area contributed by atoms with Crippen LogP contribution in [-0.2, 0) is 0 Å². The molecule has 0 aliphatic rings. The van der Waals surface area contributed by atoms with Crippen LogP contribution in [0.25, 0.3) is 10.9 Å². The molecule has 1 aromatic carbocycles. The lowest BCUT2D eigenvalue weighted by atomic mass is 10.2. The molecule has 0 radical (unpaired) electrons. The Morgan fingerprint density at radius 1 is 1.33 bits per heavy atom. The first-order valence-corrected chi connectivity index (χ1v) is 3.76. The summed E-state index contributed by atoms with van der Waals surface area (Å²) in [5.41, 5.74) is 12.2. The summed E-state index contributed by atoms with van der Waals surface area (Å²) in [5, 5.41) is 12.1. The Hall–Kier alpha value is -1.46. The van der Waals surface area contributed by atoms with Crippen LogP contribution in [0.2, 0.25) is 0 Å². The normalized spacial score (nSPS) is 9.07. The fraction of sp³-hybridized carbons (Fsp3) is 0. The lowest BCUT2D eigenvalue weighted by Gasteiger charge is -1.92. The van der Waals surface area contributed by atoms with Crippen molar-refractivity contribution < 1.29 is 0 Å². The Bertz CT molecular complexity index is 479. The van der Waals surface area contributed by atoms with Gasteiger partial charge in [0.25, 0.3) is 0 Å². The van der Waals surface area contributed by atoms with E-state index in [1.54, 1.807) is 18.3 Å². The topological polar surface area (TPSA) is 93.7 Å². The maximum Gasteiger partial charge on any atom is 0.213 e. The van der Waals surface area contributed by atoms with Crippen molar-refractivity contribution in [1.29, 1.82) is 5.41 Å². The number of halogens is 2. The van der Waals surface area contributed by atoms with Gasteiger partial charge >= 0.3 is 0 Å². The van der Waals surface area contributed by atoms with E-state index in [4.69, 9.17) is 16.9 Å². The first-order chi connectivity index (χ1) is 6.16. The molecule has 7 heteroatoms. The second-order valence-corrected chi connectivity index (χ2v) is 2.78. The molecule has 2 rings (SSSR count). The van der Waals surface area contributed by atoms with Crippen molar-refractivity contribution in [3.05, 3.63) is 24.4 Å². The van der Waals surface area contributed by atoms with Gasteiger partial charge in [0.15, 0.2) is 0 Å². The SMILES string of the molecule is Cl.Cl.N=C(N)n1cc2ccc(N)cc2n1. The van der Waals surface area contributed by atoms with Crippen LogP contribution in [0.4, 0.5) is 5.69 Å². The molecule has 1 heterocycles. The van der Waals surface area contributed by atoms with Crippen molar-refractivity contribution in [3.8, 4) is 0 Å². The summed E-state index contributed by atoms with van der Waals surface area (Å²) in [4.78, 5) is 0. The van der Waals surface area contributed by atoms with E-state index in [0.717, 1.165) is 10.9 Å². The van der Waals surface area contributed by atoms with Crippen molar-refractivity contribution in [2.24, 2.45) is 5.73 Å². The molecule has 0 saturated heterocycles. The van der Waals surface area contributed by atoms with Crippen LogP contribution in [0.15, 0.2) is 24.4 Å². The number of benzene rings is 1. The fourth-order valence-corrected chi connectivity index (χ4v) is 1.16. The molecule has 2 aromatic rings. The molecule has 0 aliphatic heterocycles. The number of nitrogens with one attached hydrogen (secondary N) is 1. The van der Waals surface area contributed by atoms with Gasteiger partial charge in [-0.15, -0.1) is 24.8 Å². The number of fused-ring (bicyclic) bond motifs is 1. The van der Waals surface area contributed by atoms with Gasteiger partial charge in [-0.3, -0.25) is 5.41 Å². The van der Waals surface area contributed by atoms with Crippen LogP contribution in [-0.4, -0.2) is 15.7 Å². The van der Waals surface area contributed by atoms with E-state index >= 15 is 0 Å². The third kappa shape index (κ3) is 2.51. The minimum atomic E-state index is -0.102. The molecule has 5 N–H and O–H groups in total. The zero-order valence-electron chi connectivity index (χ0n) is 7.68. The van der Waals surface area contributed by atoms with E-state index in [1.807, 2.05) is 6.07 Å². The molecule has 0 aliphatic carbocycles. The van der Waals surface area contributed by atoms with E-state index in [9.17, 15) is 0 Å². The molecule has 1 aromatic heterocycles. The predicted octanol–water partition coefficient (Wildman–Crippen LogP) is 1.20. The molecule has 0 unspecified atom stereocenters. The van der Waals surface area contributed by atoms with E-state index in [0.29, 0.717) is 5.69 Å². The summed E-state index contributed by atoms with van der Waals surface area (Å²) in [5.74, 6) is -0.102. The van der Waals surface area contributed by atoms with Crippen molar-refractivity contribution >= 4 is 47.4 Å². The Labute approximate surface area is 98.8 Å². The average Bonchev–Trinajstić information content (AvgIpc) is 2.46. The maximum atomic E-state index is 7.17. The van der Waals surface area contributed by atoms with Gasteiger partial charge in [0, 0.05) is 17.3 Å². The minimum absolute atomic E-state index is 0. The Kier molecular flexibility index (Phi) is 4.39. The second-order valence-electron chi connectivity index (χ2n) is 2.78. The van der Waals surface area contributed by atoms with Crippen LogP contribution < -0.4 is 11.5 Å². The molecular weight excluding hydrogens is 237 g/mol. The van der Waals surface area contributed by atoms with E-state index in [1.165, 1.54) is 4.68 Å². The molecule has 0 atom stereocenters. The van der Waals surface area contributed by atoms with Gasteiger partial charge in [0.05, 0.1) is 5.52 Å². The first-order valence-electron chi connectivity index (χ1n) is 3.76. The lowest BCUT2D eigenvalue weighted by Crippen LogP contribution is -2.20. The predicted molar refractivity (Wildman–Crippen MR) is 66.0 cm³/mol. The zero-order chi connectivity index (χ0) is 9.42. The van der Waals surface area contributed by atoms with Crippen molar-refractivity contribution in [3.63, 3.8) is 0 Å². The maximum absolute atomic E-state index is 7.17. The Morgan fingerprint density at radius 3 is 2.60 bits per heavy atom. The van der Waals surface area contributed by atoms with Crippen molar-refractivity contribution in [2.75, 3.05) is 5.73 Å². The van der Waals surface area contributed by atoms with Gasteiger partial charge in [0.2, 0.25) is 5.96 Å². The van der Waals surface area contributed by atoms with Crippen LogP contribution in [0, 0.1) is 5.41 Å². The number of rotatable bonds is 0. The summed E-state index contributed by atoms with van der Waals surface area (Å²) in [6, 6.07) is 5.38. The highest BCUT2D eigenvalue weighted by molar-refractivity contribution is 5.86. The molecule has 5 nitrogen and oxygen atoms in total. The Balaban J connectivity index is 0.000000980. The van der Waals surface area contributed by atoms with Gasteiger partial charge in [-0.05, 0) is 18.2 Å². The van der Waals surface area contributed by atoms with Gasteiger partial charge in [-0.1, -0.05) is 0 Å². The zero-order valence-corrected chi connectivity index (χ0v) is 9.31. The number of hydrogen-bond donors (Lipinski definition) is 3. The molecule has 0 amide bonds. The summed E-state index contributed by atoms with van der Waals surface area (Å²) < 4.78 is 1.31. The third-order valence-corrected chi connectivity index (χ3v) is 1.78. The van der Waals surface area contributed by atoms with Gasteiger partial charge < -0.3 is 11.5 Å². The molecule has 0 spiro atoms. The van der Waals surface area contributed by atoms with Gasteiger partial charge in [-0.25, -0.2) is 4.68 Å². The highest BCUT2D eigenvalue weighted by atomic mass is 35.5. The minimum Gasteiger partial charge on any atom is -0.399 e.